The van der Waals surface area contributed by atoms with Gasteiger partial charge in [0, 0.05) is 11.4 Å². The molecule has 25 heavy (non-hydrogen) atoms. The minimum absolute atomic E-state index is 0.206. The van der Waals surface area contributed by atoms with E-state index in [-0.39, 0.29) is 12.1 Å². The maximum absolute atomic E-state index is 13.1. The Morgan fingerprint density at radius 3 is 2.72 bits per heavy atom. The SMILES string of the molecule is O=C(NCc1ccc(F)cc1C(F)(F)F)Nc1nc2c(s1)CCCC2. The fraction of sp³-hybridized carbons (Fsp3) is 0.375. The summed E-state index contributed by atoms with van der Waals surface area (Å²) in [5, 5.41) is 5.33. The van der Waals surface area contributed by atoms with Crippen molar-refractivity contribution in [1.29, 1.82) is 0 Å². The molecule has 1 aliphatic rings. The number of carbonyl (C=O) groups is 1. The zero-order valence-electron chi connectivity index (χ0n) is 13.0. The number of fused-ring (bicyclic) bond motifs is 1. The third-order valence-corrected chi connectivity index (χ3v) is 4.96. The number of carbonyl (C=O) groups excluding carboxylic acids is 1. The molecule has 2 amide bonds. The molecule has 1 aromatic heterocycles. The molecule has 3 rings (SSSR count). The lowest BCUT2D eigenvalue weighted by Crippen LogP contribution is -2.29. The van der Waals surface area contributed by atoms with E-state index in [9.17, 15) is 22.4 Å². The van der Waals surface area contributed by atoms with Gasteiger partial charge in [-0.15, -0.1) is 11.3 Å². The minimum Gasteiger partial charge on any atom is -0.334 e. The number of aromatic nitrogens is 1. The van der Waals surface area contributed by atoms with Crippen molar-refractivity contribution < 1.29 is 22.4 Å². The molecule has 0 fully saturated rings. The maximum Gasteiger partial charge on any atom is 0.416 e. The highest BCUT2D eigenvalue weighted by molar-refractivity contribution is 7.15. The molecule has 0 bridgehead atoms. The van der Waals surface area contributed by atoms with E-state index in [2.05, 4.69) is 15.6 Å². The van der Waals surface area contributed by atoms with Crippen LogP contribution in [0.4, 0.5) is 27.5 Å². The Labute approximate surface area is 145 Å². The van der Waals surface area contributed by atoms with E-state index in [1.54, 1.807) is 0 Å². The van der Waals surface area contributed by atoms with Crippen molar-refractivity contribution in [1.82, 2.24) is 10.3 Å². The van der Waals surface area contributed by atoms with Crippen LogP contribution in [0.3, 0.4) is 0 Å². The second kappa shape index (κ2) is 6.99. The van der Waals surface area contributed by atoms with Crippen LogP contribution in [-0.4, -0.2) is 11.0 Å². The van der Waals surface area contributed by atoms with E-state index in [0.29, 0.717) is 11.2 Å². The Hall–Kier alpha value is -2.16. The van der Waals surface area contributed by atoms with Gasteiger partial charge in [-0.25, -0.2) is 14.2 Å². The highest BCUT2D eigenvalue weighted by Gasteiger charge is 2.33. The number of rotatable bonds is 3. The number of aryl methyl sites for hydroxylation is 2. The Morgan fingerprint density at radius 1 is 1.24 bits per heavy atom. The predicted molar refractivity (Wildman–Crippen MR) is 86.0 cm³/mol. The highest BCUT2D eigenvalue weighted by Crippen LogP contribution is 2.32. The lowest BCUT2D eigenvalue weighted by atomic mass is 10.0. The van der Waals surface area contributed by atoms with Gasteiger partial charge in [0.2, 0.25) is 0 Å². The fourth-order valence-corrected chi connectivity index (χ4v) is 3.73. The van der Waals surface area contributed by atoms with Crippen LogP contribution >= 0.6 is 11.3 Å². The third kappa shape index (κ3) is 4.28. The number of amides is 2. The fourth-order valence-electron chi connectivity index (χ4n) is 2.69. The van der Waals surface area contributed by atoms with Crippen molar-refractivity contribution >= 4 is 22.5 Å². The smallest absolute Gasteiger partial charge is 0.334 e. The molecule has 2 N–H and O–H groups in total. The molecule has 1 aromatic carbocycles. The largest absolute Gasteiger partial charge is 0.416 e. The van der Waals surface area contributed by atoms with Crippen molar-refractivity contribution in [3.05, 3.63) is 45.7 Å². The normalized spacial score (nSPS) is 14.1. The lowest BCUT2D eigenvalue weighted by molar-refractivity contribution is -0.138. The summed E-state index contributed by atoms with van der Waals surface area (Å²) >= 11 is 1.38. The van der Waals surface area contributed by atoms with Crippen LogP contribution in [0.2, 0.25) is 0 Å². The first-order valence-electron chi connectivity index (χ1n) is 7.72. The number of hydrogen-bond acceptors (Lipinski definition) is 3. The molecule has 1 aliphatic carbocycles. The van der Waals surface area contributed by atoms with E-state index in [4.69, 9.17) is 0 Å². The van der Waals surface area contributed by atoms with Crippen molar-refractivity contribution in [3.63, 3.8) is 0 Å². The van der Waals surface area contributed by atoms with Crippen LogP contribution in [0.25, 0.3) is 0 Å². The molecule has 0 spiro atoms. The molecule has 0 radical (unpaired) electrons. The summed E-state index contributed by atoms with van der Waals surface area (Å²) in [5.74, 6) is -0.978. The number of thiazole rings is 1. The molecular formula is C16H15F4N3OS. The topological polar surface area (TPSA) is 54.0 Å². The summed E-state index contributed by atoms with van der Waals surface area (Å²) in [6.07, 6.45) is -0.733. The van der Waals surface area contributed by atoms with E-state index >= 15 is 0 Å². The van der Waals surface area contributed by atoms with Crippen LogP contribution in [0.1, 0.15) is 34.5 Å². The van der Waals surface area contributed by atoms with Gasteiger partial charge in [0.1, 0.15) is 5.82 Å². The first-order valence-corrected chi connectivity index (χ1v) is 8.53. The molecule has 0 saturated carbocycles. The molecule has 1 heterocycles. The van der Waals surface area contributed by atoms with Gasteiger partial charge in [0.25, 0.3) is 0 Å². The molecule has 0 atom stereocenters. The summed E-state index contributed by atoms with van der Waals surface area (Å²) in [6.45, 7) is -0.369. The van der Waals surface area contributed by atoms with E-state index in [1.165, 1.54) is 11.3 Å². The summed E-state index contributed by atoms with van der Waals surface area (Å²) in [6, 6.07) is 1.71. The van der Waals surface area contributed by atoms with Gasteiger partial charge in [-0.3, -0.25) is 5.32 Å². The van der Waals surface area contributed by atoms with Crippen LogP contribution in [0.15, 0.2) is 18.2 Å². The molecule has 9 heteroatoms. The van der Waals surface area contributed by atoms with Crippen molar-refractivity contribution in [2.75, 3.05) is 5.32 Å². The van der Waals surface area contributed by atoms with Gasteiger partial charge in [-0.05, 0) is 43.4 Å². The number of halogens is 4. The first kappa shape index (κ1) is 17.7. The number of nitrogens with one attached hydrogen (secondary N) is 2. The van der Waals surface area contributed by atoms with Gasteiger partial charge < -0.3 is 5.32 Å². The Morgan fingerprint density at radius 2 is 2.00 bits per heavy atom. The number of alkyl halides is 3. The minimum atomic E-state index is -4.69. The van der Waals surface area contributed by atoms with Crippen LogP contribution in [0, 0.1) is 5.82 Å². The van der Waals surface area contributed by atoms with Gasteiger partial charge in [-0.2, -0.15) is 13.2 Å². The van der Waals surface area contributed by atoms with Gasteiger partial charge >= 0.3 is 12.2 Å². The number of urea groups is 1. The monoisotopic (exact) mass is 373 g/mol. The average molecular weight is 373 g/mol. The van der Waals surface area contributed by atoms with Gasteiger partial charge in [0.05, 0.1) is 11.3 Å². The van der Waals surface area contributed by atoms with Crippen molar-refractivity contribution in [2.45, 2.75) is 38.4 Å². The van der Waals surface area contributed by atoms with E-state index in [1.807, 2.05) is 0 Å². The van der Waals surface area contributed by atoms with Gasteiger partial charge in [0.15, 0.2) is 5.13 Å². The van der Waals surface area contributed by atoms with Crippen LogP contribution in [-0.2, 0) is 25.6 Å². The maximum atomic E-state index is 13.1. The molecule has 134 valence electrons. The van der Waals surface area contributed by atoms with Crippen molar-refractivity contribution in [2.24, 2.45) is 0 Å². The summed E-state index contributed by atoms with van der Waals surface area (Å²) in [4.78, 5) is 17.4. The lowest BCUT2D eigenvalue weighted by Gasteiger charge is -2.13. The van der Waals surface area contributed by atoms with Crippen LogP contribution < -0.4 is 10.6 Å². The summed E-state index contributed by atoms with van der Waals surface area (Å²) in [5.41, 5.74) is -0.329. The quantitative estimate of drug-likeness (QED) is 0.779. The van der Waals surface area contributed by atoms with Crippen molar-refractivity contribution in [3.8, 4) is 0 Å². The summed E-state index contributed by atoms with van der Waals surface area (Å²) in [7, 11) is 0. The Bertz CT molecular complexity index is 765. The number of hydrogen-bond donors (Lipinski definition) is 2. The highest BCUT2D eigenvalue weighted by atomic mass is 32.1. The summed E-state index contributed by atoms with van der Waals surface area (Å²) < 4.78 is 51.9. The van der Waals surface area contributed by atoms with Crippen LogP contribution in [0.5, 0.6) is 0 Å². The zero-order valence-corrected chi connectivity index (χ0v) is 13.9. The second-order valence-corrected chi connectivity index (χ2v) is 6.79. The number of benzene rings is 1. The third-order valence-electron chi connectivity index (χ3n) is 3.88. The van der Waals surface area contributed by atoms with E-state index in [0.717, 1.165) is 48.4 Å². The first-order chi connectivity index (χ1) is 11.8. The molecule has 4 nitrogen and oxygen atoms in total. The number of nitrogens with zero attached hydrogens (tertiary/aromatic N) is 1. The molecular weight excluding hydrogens is 358 g/mol. The second-order valence-electron chi connectivity index (χ2n) is 5.70. The Balaban J connectivity index is 1.64. The molecule has 0 unspecified atom stereocenters. The van der Waals surface area contributed by atoms with Gasteiger partial charge in [-0.1, -0.05) is 6.07 Å². The number of anilines is 1. The molecule has 2 aromatic rings. The van der Waals surface area contributed by atoms with E-state index < -0.39 is 23.6 Å². The molecule has 0 saturated heterocycles. The Kier molecular flexibility index (Phi) is 4.94. The zero-order chi connectivity index (χ0) is 18.0. The predicted octanol–water partition coefficient (Wildman–Crippen LogP) is 4.50. The standard InChI is InChI=1S/C16H15F4N3OS/c17-10-6-5-9(11(7-10)16(18,19)20)8-21-14(24)23-15-22-12-3-1-2-4-13(12)25-15/h5-7H,1-4,8H2,(H2,21,22,23,24). The molecule has 0 aliphatic heterocycles. The average Bonchev–Trinajstić information content (AvgIpc) is 2.95.